The molecule has 6 fully saturated rings. The summed E-state index contributed by atoms with van der Waals surface area (Å²) < 4.78 is 5.45. The number of aliphatic hydroxyl groups excluding tert-OH is 1. The molecule has 2 amide bonds. The summed E-state index contributed by atoms with van der Waals surface area (Å²) >= 11 is 0. The van der Waals surface area contributed by atoms with Crippen LogP contribution in [0.3, 0.4) is 0 Å². The van der Waals surface area contributed by atoms with Crippen molar-refractivity contribution in [3.63, 3.8) is 0 Å². The second-order valence-corrected chi connectivity index (χ2v) is 20.5. The van der Waals surface area contributed by atoms with Gasteiger partial charge in [-0.15, -0.1) is 0 Å². The maximum atomic E-state index is 15.0. The lowest BCUT2D eigenvalue weighted by molar-refractivity contribution is -0.176. The molecule has 7 heteroatoms. The molecule has 4 bridgehead atoms. The number of aliphatic hydroxyl groups is 2. The van der Waals surface area contributed by atoms with Gasteiger partial charge in [0.25, 0.3) is 0 Å². The Morgan fingerprint density at radius 3 is 2.29 bits per heavy atom. The van der Waals surface area contributed by atoms with Gasteiger partial charge in [0.05, 0.1) is 31.4 Å². The Hall–Kier alpha value is -3.42. The second kappa shape index (κ2) is 13.0. The van der Waals surface area contributed by atoms with Crippen LogP contribution in [0.5, 0.6) is 5.75 Å². The number of fused-ring (bicyclic) bond motifs is 3. The number of methoxy groups -OCH3 is 1. The summed E-state index contributed by atoms with van der Waals surface area (Å²) in [6, 6.07) is 17.4. The van der Waals surface area contributed by atoms with Gasteiger partial charge in [0.1, 0.15) is 5.75 Å². The summed E-state index contributed by atoms with van der Waals surface area (Å²) in [4.78, 5) is 31.6. The molecule has 7 nitrogen and oxygen atoms in total. The molecule has 3 N–H and O–H groups in total. The molecule has 0 aromatic heterocycles. The standard InChI is InChI=1S/C49H64N2O5/c1-31(32-10-8-7-9-11-32)50-43(54)51(29-34-12-15-35-26-38(34)44(35,2)3)30-48(55)23-20-41-46(48,5)22-19-40-45(4)21-18-36(52)27-47(45)24-25-49(40,41)39(28-47)42(53)33-13-16-37(56-6)17-14-33/h7-11,13-14,16-17,24-25,28,31,34-36,38,40-41,52,55H,12,15,18-23,26-27,29-30H2,1-6H3,(H,50,54). The Balaban J connectivity index is 1.08. The van der Waals surface area contributed by atoms with Gasteiger partial charge in [0.15, 0.2) is 5.78 Å². The SMILES string of the molecule is COc1ccc(C(=O)C2=CC34C=CC25C(CCC2(C)C5CCC2(O)CN(CC2CCC5CC2C5(C)C)C(=O)NC(C)c2ccccc2)C3(C)CCC(O)C4)cc1. The smallest absolute Gasteiger partial charge is 0.317 e. The van der Waals surface area contributed by atoms with Gasteiger partial charge in [-0.25, -0.2) is 4.79 Å². The molecule has 12 atom stereocenters. The number of benzene rings is 2. The number of Topliss-reactive ketones (excluding diaryl/α,β-unsaturated/α-hetero) is 1. The molecule has 2 aromatic rings. The van der Waals surface area contributed by atoms with E-state index in [2.05, 4.69) is 63.4 Å². The van der Waals surface area contributed by atoms with Crippen LogP contribution in [0.15, 0.2) is 78.4 Å². The number of hydrogen-bond acceptors (Lipinski definition) is 5. The normalized spacial score (nSPS) is 41.6. The van der Waals surface area contributed by atoms with Gasteiger partial charge in [-0.1, -0.05) is 76.3 Å². The quantitative estimate of drug-likeness (QED) is 0.175. The van der Waals surface area contributed by atoms with Crippen LogP contribution in [0.1, 0.15) is 121 Å². The lowest BCUT2D eigenvalue weighted by Gasteiger charge is -2.71. The molecule has 0 heterocycles. The van der Waals surface area contributed by atoms with Gasteiger partial charge in [0, 0.05) is 33.9 Å². The van der Waals surface area contributed by atoms with E-state index in [0.717, 1.165) is 55.6 Å². The first-order valence-corrected chi connectivity index (χ1v) is 21.7. The number of nitrogens with one attached hydrogen (secondary N) is 1. The van der Waals surface area contributed by atoms with Crippen LogP contribution in [0.2, 0.25) is 0 Å². The Labute approximate surface area is 334 Å². The number of carbonyl (C=O) groups excluding carboxylic acids is 2. The maximum Gasteiger partial charge on any atom is 0.317 e. The van der Waals surface area contributed by atoms with E-state index in [9.17, 15) is 15.0 Å². The van der Waals surface area contributed by atoms with E-state index in [0.29, 0.717) is 42.5 Å². The molecule has 9 aliphatic carbocycles. The zero-order valence-electron chi connectivity index (χ0n) is 34.5. The van der Waals surface area contributed by atoms with Gasteiger partial charge in [0.2, 0.25) is 0 Å². The van der Waals surface area contributed by atoms with Crippen LogP contribution in [0.4, 0.5) is 4.79 Å². The third-order valence-corrected chi connectivity index (χ3v) is 18.1. The number of hydrogen-bond donors (Lipinski definition) is 3. The molecule has 11 rings (SSSR count). The third-order valence-electron chi connectivity index (χ3n) is 18.1. The molecule has 0 radical (unpaired) electrons. The molecule has 2 spiro atoms. The summed E-state index contributed by atoms with van der Waals surface area (Å²) in [5.74, 6) is 2.73. The fourth-order valence-electron chi connectivity index (χ4n) is 14.6. The van der Waals surface area contributed by atoms with Crippen molar-refractivity contribution in [2.75, 3.05) is 20.2 Å². The van der Waals surface area contributed by atoms with Crippen molar-refractivity contribution >= 4 is 11.8 Å². The minimum Gasteiger partial charge on any atom is -0.497 e. The highest BCUT2D eigenvalue weighted by Crippen LogP contribution is 2.78. The van der Waals surface area contributed by atoms with Crippen LogP contribution in [-0.2, 0) is 0 Å². The molecule has 0 aliphatic heterocycles. The molecule has 12 unspecified atom stereocenters. The van der Waals surface area contributed by atoms with Crippen LogP contribution >= 0.6 is 0 Å². The van der Waals surface area contributed by atoms with Crippen molar-refractivity contribution in [1.29, 1.82) is 0 Å². The van der Waals surface area contributed by atoms with E-state index in [4.69, 9.17) is 4.74 Å². The fourth-order valence-corrected chi connectivity index (χ4v) is 14.6. The van der Waals surface area contributed by atoms with E-state index in [1.165, 1.54) is 12.8 Å². The van der Waals surface area contributed by atoms with Gasteiger partial charge >= 0.3 is 6.03 Å². The topological polar surface area (TPSA) is 99.1 Å². The number of rotatable bonds is 9. The van der Waals surface area contributed by atoms with Gasteiger partial charge in [-0.05, 0) is 141 Å². The second-order valence-electron chi connectivity index (χ2n) is 20.5. The summed E-state index contributed by atoms with van der Waals surface area (Å²) in [7, 11) is 1.64. The van der Waals surface area contributed by atoms with E-state index < -0.39 is 27.9 Å². The molecule has 56 heavy (non-hydrogen) atoms. The molecule has 0 saturated heterocycles. The number of amides is 2. The first-order valence-electron chi connectivity index (χ1n) is 21.7. The lowest BCUT2D eigenvalue weighted by atomic mass is 9.32. The average molecular weight is 761 g/mol. The molecular formula is C49H64N2O5. The van der Waals surface area contributed by atoms with Crippen molar-refractivity contribution in [1.82, 2.24) is 10.2 Å². The van der Waals surface area contributed by atoms with Crippen LogP contribution in [0.25, 0.3) is 0 Å². The number of carbonyl (C=O) groups is 2. The molecule has 6 saturated carbocycles. The Kier molecular flexibility index (Phi) is 8.88. The number of ether oxygens (including phenoxy) is 1. The highest BCUT2D eigenvalue weighted by molar-refractivity contribution is 6.10. The van der Waals surface area contributed by atoms with Crippen LogP contribution < -0.4 is 10.1 Å². The Morgan fingerprint density at radius 2 is 1.59 bits per heavy atom. The van der Waals surface area contributed by atoms with Crippen molar-refractivity contribution in [3.05, 3.63) is 89.5 Å². The van der Waals surface area contributed by atoms with Gasteiger partial charge in [-0.2, -0.15) is 0 Å². The first-order chi connectivity index (χ1) is 26.6. The summed E-state index contributed by atoms with van der Waals surface area (Å²) in [6.45, 7) is 12.5. The van der Waals surface area contributed by atoms with Gasteiger partial charge in [-0.3, -0.25) is 4.79 Å². The van der Waals surface area contributed by atoms with Crippen molar-refractivity contribution in [2.24, 2.45) is 56.7 Å². The zero-order valence-corrected chi connectivity index (χ0v) is 34.5. The summed E-state index contributed by atoms with van der Waals surface area (Å²) in [6.07, 6.45) is 15.6. The Bertz CT molecular complexity index is 1940. The predicted molar refractivity (Wildman–Crippen MR) is 219 cm³/mol. The zero-order chi connectivity index (χ0) is 39.5. The third kappa shape index (κ3) is 5.27. The van der Waals surface area contributed by atoms with E-state index in [-0.39, 0.29) is 47.1 Å². The number of ketones is 1. The Morgan fingerprint density at radius 1 is 0.893 bits per heavy atom. The summed E-state index contributed by atoms with van der Waals surface area (Å²) in [5, 5.41) is 27.8. The van der Waals surface area contributed by atoms with E-state index in [1.54, 1.807) is 7.11 Å². The fraction of sp³-hybridized carbons (Fsp3) is 0.633. The lowest BCUT2D eigenvalue weighted by Crippen LogP contribution is -2.67. The molecule has 300 valence electrons. The molecule has 9 aliphatic rings. The summed E-state index contributed by atoms with van der Waals surface area (Å²) in [5.41, 5.74) is 0.109. The van der Waals surface area contributed by atoms with Crippen LogP contribution in [-0.4, -0.2) is 58.8 Å². The minimum atomic E-state index is -1.13. The van der Waals surface area contributed by atoms with Crippen LogP contribution in [0, 0.1) is 56.7 Å². The highest BCUT2D eigenvalue weighted by atomic mass is 16.5. The minimum absolute atomic E-state index is 0.0135. The maximum absolute atomic E-state index is 15.0. The number of nitrogens with zero attached hydrogens (tertiary/aromatic N) is 1. The highest BCUT2D eigenvalue weighted by Gasteiger charge is 2.74. The average Bonchev–Trinajstić information content (AvgIpc) is 3.47. The largest absolute Gasteiger partial charge is 0.497 e. The van der Waals surface area contributed by atoms with E-state index >= 15 is 4.79 Å². The van der Waals surface area contributed by atoms with Crippen molar-refractivity contribution in [2.45, 2.75) is 117 Å². The molecule has 2 aromatic carbocycles. The number of urea groups is 1. The van der Waals surface area contributed by atoms with Crippen molar-refractivity contribution < 1.29 is 24.5 Å². The molecular weight excluding hydrogens is 697 g/mol. The van der Waals surface area contributed by atoms with Gasteiger partial charge < -0.3 is 25.2 Å². The monoisotopic (exact) mass is 760 g/mol. The predicted octanol–water partition coefficient (Wildman–Crippen LogP) is 9.31. The number of allylic oxidation sites excluding steroid dienone is 4. The van der Waals surface area contributed by atoms with E-state index in [1.807, 2.05) is 54.3 Å². The first kappa shape index (κ1) is 38.1. The van der Waals surface area contributed by atoms with Crippen molar-refractivity contribution in [3.8, 4) is 5.75 Å².